The van der Waals surface area contributed by atoms with Crippen LogP contribution in [0.2, 0.25) is 0 Å². The highest BCUT2D eigenvalue weighted by molar-refractivity contribution is 4.66. The Hall–Kier alpha value is -0.290. The Morgan fingerprint density at radius 2 is 2.00 bits per heavy atom. The van der Waals surface area contributed by atoms with E-state index in [2.05, 4.69) is 4.74 Å². The molecule has 2 nitrogen and oxygen atoms in total. The Labute approximate surface area is 63.0 Å². The zero-order valence-corrected chi connectivity index (χ0v) is 6.19. The maximum atomic E-state index is 11.9. The van der Waals surface area contributed by atoms with Crippen molar-refractivity contribution in [2.45, 2.75) is 25.6 Å². The van der Waals surface area contributed by atoms with Crippen LogP contribution in [0, 0.1) is 0 Å². The molecule has 0 aliphatic heterocycles. The maximum Gasteiger partial charge on any atom is 0.414 e. The topological polar surface area (TPSA) is 29.5 Å². The van der Waals surface area contributed by atoms with Gasteiger partial charge in [0, 0.05) is 19.6 Å². The minimum absolute atomic E-state index is 0.00414. The molecule has 0 saturated carbocycles. The van der Waals surface area contributed by atoms with Crippen LogP contribution in [0.4, 0.5) is 13.2 Å². The first-order chi connectivity index (χ1) is 5.02. The van der Waals surface area contributed by atoms with E-state index in [-0.39, 0.29) is 6.61 Å². The molecular formula is C6H11F3O2. The molecule has 0 amide bonds. The Balaban J connectivity index is 3.88. The molecular weight excluding hydrogens is 161 g/mol. The van der Waals surface area contributed by atoms with E-state index in [1.807, 2.05) is 0 Å². The van der Waals surface area contributed by atoms with Crippen LogP contribution in [-0.4, -0.2) is 30.6 Å². The predicted octanol–water partition coefficient (Wildman–Crippen LogP) is 1.34. The van der Waals surface area contributed by atoms with Crippen LogP contribution in [0.3, 0.4) is 0 Å². The summed E-state index contributed by atoms with van der Waals surface area (Å²) < 4.78 is 39.9. The fraction of sp³-hybridized carbons (Fsp3) is 1.00. The Kier molecular flexibility index (Phi) is 4.44. The van der Waals surface area contributed by atoms with E-state index in [1.165, 1.54) is 6.92 Å². The van der Waals surface area contributed by atoms with Crippen molar-refractivity contribution in [3.63, 3.8) is 0 Å². The van der Waals surface area contributed by atoms with Gasteiger partial charge in [-0.25, -0.2) is 0 Å². The molecule has 1 N–H and O–H groups in total. The van der Waals surface area contributed by atoms with Gasteiger partial charge < -0.3 is 9.84 Å². The molecule has 11 heavy (non-hydrogen) atoms. The van der Waals surface area contributed by atoms with Crippen LogP contribution in [-0.2, 0) is 4.74 Å². The van der Waals surface area contributed by atoms with E-state index in [0.29, 0.717) is 0 Å². The molecule has 5 heteroatoms. The third-order valence-electron chi connectivity index (χ3n) is 1.12. The van der Waals surface area contributed by atoms with E-state index < -0.39 is 25.3 Å². The molecule has 1 atom stereocenters. The summed E-state index contributed by atoms with van der Waals surface area (Å²) in [4.78, 5) is 0. The van der Waals surface area contributed by atoms with Crippen molar-refractivity contribution in [1.29, 1.82) is 0 Å². The first-order valence-corrected chi connectivity index (χ1v) is 3.31. The van der Waals surface area contributed by atoms with Crippen LogP contribution in [0.25, 0.3) is 0 Å². The maximum absolute atomic E-state index is 11.9. The predicted molar refractivity (Wildman–Crippen MR) is 33.2 cm³/mol. The summed E-state index contributed by atoms with van der Waals surface area (Å²) >= 11 is 0. The number of alkyl halides is 3. The monoisotopic (exact) mass is 172 g/mol. The number of aliphatic hydroxyl groups excluding tert-OH is 1. The zero-order valence-electron chi connectivity index (χ0n) is 6.19. The Bertz CT molecular complexity index is 96.5. The number of aliphatic hydroxyl groups is 1. The molecule has 0 aromatic carbocycles. The lowest BCUT2D eigenvalue weighted by Crippen LogP contribution is -2.32. The first kappa shape index (κ1) is 10.7. The second-order valence-electron chi connectivity index (χ2n) is 2.00. The van der Waals surface area contributed by atoms with Gasteiger partial charge in [0.2, 0.25) is 0 Å². The van der Waals surface area contributed by atoms with E-state index >= 15 is 0 Å². The average molecular weight is 172 g/mol. The van der Waals surface area contributed by atoms with Gasteiger partial charge in [0.25, 0.3) is 0 Å². The molecule has 0 fully saturated rings. The third-order valence-corrected chi connectivity index (χ3v) is 1.12. The average Bonchev–Trinajstić information content (AvgIpc) is 1.85. The quantitative estimate of drug-likeness (QED) is 0.693. The molecule has 0 aliphatic carbocycles. The molecule has 0 heterocycles. The van der Waals surface area contributed by atoms with Gasteiger partial charge in [-0.1, -0.05) is 0 Å². The van der Waals surface area contributed by atoms with Gasteiger partial charge in [-0.05, 0) is 6.92 Å². The van der Waals surface area contributed by atoms with Gasteiger partial charge in [0.05, 0.1) is 0 Å². The van der Waals surface area contributed by atoms with Crippen LogP contribution < -0.4 is 0 Å². The molecule has 0 rings (SSSR count). The van der Waals surface area contributed by atoms with Gasteiger partial charge in [0.1, 0.15) is 0 Å². The Morgan fingerprint density at radius 3 is 2.27 bits per heavy atom. The second kappa shape index (κ2) is 4.56. The van der Waals surface area contributed by atoms with E-state index in [1.54, 1.807) is 0 Å². The van der Waals surface area contributed by atoms with E-state index in [4.69, 9.17) is 5.11 Å². The SMILES string of the molecule is CCOC(CCO)C(F)(F)F. The fourth-order valence-corrected chi connectivity index (χ4v) is 0.660. The van der Waals surface area contributed by atoms with Crippen molar-refractivity contribution in [3.05, 3.63) is 0 Å². The number of hydrogen-bond donors (Lipinski definition) is 1. The standard InChI is InChI=1S/C6H11F3O2/c1-2-11-5(3-4-10)6(7,8)9/h5,10H,2-4H2,1H3. The highest BCUT2D eigenvalue weighted by Crippen LogP contribution is 2.24. The van der Waals surface area contributed by atoms with Crippen molar-refractivity contribution < 1.29 is 23.0 Å². The highest BCUT2D eigenvalue weighted by atomic mass is 19.4. The number of hydrogen-bond acceptors (Lipinski definition) is 2. The molecule has 0 aromatic rings. The van der Waals surface area contributed by atoms with Crippen molar-refractivity contribution in [1.82, 2.24) is 0 Å². The van der Waals surface area contributed by atoms with Gasteiger partial charge >= 0.3 is 6.18 Å². The van der Waals surface area contributed by atoms with Crippen molar-refractivity contribution in [2.75, 3.05) is 13.2 Å². The number of ether oxygens (including phenoxy) is 1. The molecule has 0 aliphatic rings. The van der Waals surface area contributed by atoms with Crippen LogP contribution in [0.5, 0.6) is 0 Å². The summed E-state index contributed by atoms with van der Waals surface area (Å²) in [6, 6.07) is 0. The smallest absolute Gasteiger partial charge is 0.396 e. The zero-order chi connectivity index (χ0) is 8.91. The van der Waals surface area contributed by atoms with Gasteiger partial charge in [-0.15, -0.1) is 0 Å². The van der Waals surface area contributed by atoms with Gasteiger partial charge in [-0.2, -0.15) is 13.2 Å². The normalized spacial score (nSPS) is 15.0. The van der Waals surface area contributed by atoms with E-state index in [0.717, 1.165) is 0 Å². The minimum Gasteiger partial charge on any atom is -0.396 e. The lowest BCUT2D eigenvalue weighted by atomic mass is 10.2. The molecule has 0 bridgehead atoms. The number of rotatable bonds is 4. The molecule has 0 spiro atoms. The van der Waals surface area contributed by atoms with Crippen molar-refractivity contribution >= 4 is 0 Å². The van der Waals surface area contributed by atoms with Crippen molar-refractivity contribution in [2.24, 2.45) is 0 Å². The Morgan fingerprint density at radius 1 is 1.45 bits per heavy atom. The third kappa shape index (κ3) is 4.21. The lowest BCUT2D eigenvalue weighted by Gasteiger charge is -2.18. The fourth-order valence-electron chi connectivity index (χ4n) is 0.660. The van der Waals surface area contributed by atoms with Gasteiger partial charge in [-0.3, -0.25) is 0 Å². The summed E-state index contributed by atoms with van der Waals surface area (Å²) in [6.07, 6.45) is -6.58. The van der Waals surface area contributed by atoms with Gasteiger partial charge in [0.15, 0.2) is 6.10 Å². The molecule has 68 valence electrons. The van der Waals surface area contributed by atoms with Crippen LogP contribution in [0.1, 0.15) is 13.3 Å². The molecule has 0 saturated heterocycles. The number of halogens is 3. The summed E-state index contributed by atoms with van der Waals surface area (Å²) in [5, 5.41) is 8.25. The first-order valence-electron chi connectivity index (χ1n) is 3.31. The molecule has 0 aromatic heterocycles. The highest BCUT2D eigenvalue weighted by Gasteiger charge is 2.39. The largest absolute Gasteiger partial charge is 0.414 e. The lowest BCUT2D eigenvalue weighted by molar-refractivity contribution is -0.222. The van der Waals surface area contributed by atoms with Crippen LogP contribution in [0.15, 0.2) is 0 Å². The molecule has 1 unspecified atom stereocenters. The van der Waals surface area contributed by atoms with Crippen LogP contribution >= 0.6 is 0 Å². The second-order valence-corrected chi connectivity index (χ2v) is 2.00. The van der Waals surface area contributed by atoms with E-state index in [9.17, 15) is 13.2 Å². The summed E-state index contributed by atoms with van der Waals surface area (Å²) in [5.74, 6) is 0. The summed E-state index contributed by atoms with van der Waals surface area (Å²) in [5.41, 5.74) is 0. The van der Waals surface area contributed by atoms with Crippen molar-refractivity contribution in [3.8, 4) is 0 Å². The molecule has 0 radical (unpaired) electrons. The minimum atomic E-state index is -4.36. The summed E-state index contributed by atoms with van der Waals surface area (Å²) in [6.45, 7) is 0.977. The summed E-state index contributed by atoms with van der Waals surface area (Å²) in [7, 11) is 0.